The molecule has 13 heteroatoms. The summed E-state index contributed by atoms with van der Waals surface area (Å²) < 4.78 is 59.8. The van der Waals surface area contributed by atoms with Crippen LogP contribution in [-0.2, 0) is 19.6 Å². The number of nitrogens with one attached hydrogen (secondary N) is 1. The van der Waals surface area contributed by atoms with Gasteiger partial charge in [0.1, 0.15) is 0 Å². The third-order valence-electron chi connectivity index (χ3n) is 5.99. The third-order valence-corrected chi connectivity index (χ3v) is 7.87. The Morgan fingerprint density at radius 2 is 1.74 bits per heavy atom. The van der Waals surface area contributed by atoms with Crippen molar-refractivity contribution in [1.29, 1.82) is 0 Å². The molecule has 2 heterocycles. The van der Waals surface area contributed by atoms with E-state index in [4.69, 9.17) is 9.90 Å². The lowest BCUT2D eigenvalue weighted by Crippen LogP contribution is -2.48. The molecule has 2 saturated heterocycles. The van der Waals surface area contributed by atoms with Crippen LogP contribution in [0, 0.1) is 0 Å². The maximum atomic E-state index is 13.3. The van der Waals surface area contributed by atoms with E-state index in [2.05, 4.69) is 17.1 Å². The number of hydrogen-bond donors (Lipinski definition) is 2. The summed E-state index contributed by atoms with van der Waals surface area (Å²) in [5.74, 6) is -2.72. The number of rotatable bonds is 8. The lowest BCUT2D eigenvalue weighted by Gasteiger charge is -2.31. The van der Waals surface area contributed by atoms with Gasteiger partial charge in [-0.05, 0) is 38.1 Å². The van der Waals surface area contributed by atoms with Gasteiger partial charge in [0.2, 0.25) is 15.9 Å². The molecule has 2 aliphatic heterocycles. The number of benzene rings is 1. The Morgan fingerprint density at radius 3 is 2.29 bits per heavy atom. The quantitative estimate of drug-likeness (QED) is 0.534. The Balaban J connectivity index is 0.000000540. The highest BCUT2D eigenvalue weighted by Crippen LogP contribution is 2.22. The van der Waals surface area contributed by atoms with Crippen molar-refractivity contribution in [1.82, 2.24) is 19.4 Å². The van der Waals surface area contributed by atoms with Crippen molar-refractivity contribution in [2.24, 2.45) is 0 Å². The second-order valence-corrected chi connectivity index (χ2v) is 10.2. The molecule has 2 fully saturated rings. The Kier molecular flexibility index (Phi) is 10.9. The molecule has 1 aromatic carbocycles. The molecule has 0 radical (unpaired) electrons. The van der Waals surface area contributed by atoms with E-state index in [0.717, 1.165) is 39.0 Å². The fourth-order valence-corrected chi connectivity index (χ4v) is 5.60. The Hall–Kier alpha value is -2.22. The highest BCUT2D eigenvalue weighted by Gasteiger charge is 2.38. The molecule has 198 valence electrons. The Labute approximate surface area is 203 Å². The first-order valence-electron chi connectivity index (χ1n) is 11.5. The molecule has 1 aromatic rings. The number of amides is 1. The maximum absolute atomic E-state index is 13.3. The van der Waals surface area contributed by atoms with Crippen LogP contribution in [0.2, 0.25) is 0 Å². The topological polar surface area (TPSA) is 110 Å². The molecule has 9 nitrogen and oxygen atoms in total. The largest absolute Gasteiger partial charge is 0.490 e. The molecule has 2 N–H and O–H groups in total. The lowest BCUT2D eigenvalue weighted by molar-refractivity contribution is -0.192. The number of hydrogen-bond acceptors (Lipinski definition) is 6. The number of piperazine rings is 1. The first kappa shape index (κ1) is 29.0. The van der Waals surface area contributed by atoms with Crippen LogP contribution in [0.3, 0.4) is 0 Å². The average molecular weight is 523 g/mol. The van der Waals surface area contributed by atoms with Crippen LogP contribution in [-0.4, -0.2) is 104 Å². The van der Waals surface area contributed by atoms with E-state index in [-0.39, 0.29) is 24.9 Å². The molecule has 1 unspecified atom stereocenters. The van der Waals surface area contributed by atoms with Gasteiger partial charge in [0.25, 0.3) is 0 Å². The van der Waals surface area contributed by atoms with Crippen molar-refractivity contribution in [3.63, 3.8) is 0 Å². The molecule has 0 bridgehead atoms. The van der Waals surface area contributed by atoms with Crippen molar-refractivity contribution in [3.05, 3.63) is 30.3 Å². The van der Waals surface area contributed by atoms with E-state index in [1.54, 1.807) is 24.3 Å². The van der Waals surface area contributed by atoms with Crippen molar-refractivity contribution < 1.29 is 36.3 Å². The minimum absolute atomic E-state index is 0.0357. The van der Waals surface area contributed by atoms with Gasteiger partial charge in [-0.25, -0.2) is 13.2 Å². The highest BCUT2D eigenvalue weighted by atomic mass is 32.2. The summed E-state index contributed by atoms with van der Waals surface area (Å²) in [5.41, 5.74) is 0. The lowest BCUT2D eigenvalue weighted by atomic mass is 10.2. The molecular formula is C22H33F3N4O5S. The van der Waals surface area contributed by atoms with Crippen LogP contribution in [0.15, 0.2) is 35.2 Å². The molecular weight excluding hydrogens is 489 g/mol. The van der Waals surface area contributed by atoms with Gasteiger partial charge in [-0.3, -0.25) is 9.69 Å². The van der Waals surface area contributed by atoms with Gasteiger partial charge < -0.3 is 15.3 Å². The average Bonchev–Trinajstić information content (AvgIpc) is 3.29. The minimum Gasteiger partial charge on any atom is -0.475 e. The van der Waals surface area contributed by atoms with E-state index in [0.29, 0.717) is 24.5 Å². The summed E-state index contributed by atoms with van der Waals surface area (Å²) in [6.07, 6.45) is -2.76. The number of carboxylic acids is 1. The predicted molar refractivity (Wildman–Crippen MR) is 123 cm³/mol. The summed E-state index contributed by atoms with van der Waals surface area (Å²) in [7, 11) is -3.62. The summed E-state index contributed by atoms with van der Waals surface area (Å²) in [4.78, 5) is 26.0. The van der Waals surface area contributed by atoms with E-state index in [1.807, 2.05) is 11.0 Å². The summed E-state index contributed by atoms with van der Waals surface area (Å²) >= 11 is 0. The van der Waals surface area contributed by atoms with Crippen molar-refractivity contribution in [3.8, 4) is 0 Å². The Morgan fingerprint density at radius 1 is 1.14 bits per heavy atom. The van der Waals surface area contributed by atoms with E-state index in [9.17, 15) is 26.4 Å². The molecule has 2 aliphatic rings. The molecule has 1 amide bonds. The first-order chi connectivity index (χ1) is 16.5. The number of likely N-dealkylation sites (N-methyl/N-ethyl adjacent to an activating group) is 1. The number of carbonyl (C=O) groups is 2. The van der Waals surface area contributed by atoms with E-state index >= 15 is 0 Å². The van der Waals surface area contributed by atoms with Gasteiger partial charge in [-0.15, -0.1) is 0 Å². The second-order valence-electron chi connectivity index (χ2n) is 8.28. The number of halogens is 3. The molecule has 0 aromatic heterocycles. The zero-order valence-corrected chi connectivity index (χ0v) is 20.5. The fraction of sp³-hybridized carbons (Fsp3) is 0.636. The van der Waals surface area contributed by atoms with Gasteiger partial charge in [0.05, 0.1) is 4.90 Å². The second kappa shape index (κ2) is 13.2. The first-order valence-corrected chi connectivity index (χ1v) is 13.0. The van der Waals surface area contributed by atoms with Crippen LogP contribution in [0.5, 0.6) is 0 Å². The molecule has 0 spiro atoms. The standard InChI is InChI=1S/C20H32N4O3S.C2HF3O2/c1-2-22-13-6-7-18(22)17-24(28(26,27)19-8-4-3-5-9-19)14-10-20(25)23-15-11-21-12-16-23;3-2(4,5)1(6)7/h3-5,8-9,18,21H,2,6-7,10-17H2,1H3;(H,6,7). The van der Waals surface area contributed by atoms with Crippen LogP contribution in [0.4, 0.5) is 13.2 Å². The molecule has 3 rings (SSSR count). The maximum Gasteiger partial charge on any atom is 0.490 e. The zero-order valence-electron chi connectivity index (χ0n) is 19.7. The number of carbonyl (C=O) groups excluding carboxylic acids is 1. The smallest absolute Gasteiger partial charge is 0.475 e. The van der Waals surface area contributed by atoms with Crippen molar-refractivity contribution >= 4 is 21.9 Å². The summed E-state index contributed by atoms with van der Waals surface area (Å²) in [6, 6.07) is 8.78. The number of nitrogens with zero attached hydrogens (tertiary/aromatic N) is 3. The SMILES string of the molecule is CCN1CCCC1CN(CCC(=O)N1CCNCC1)S(=O)(=O)c1ccccc1.O=C(O)C(F)(F)F. The van der Waals surface area contributed by atoms with Gasteiger partial charge in [-0.2, -0.15) is 17.5 Å². The summed E-state index contributed by atoms with van der Waals surface area (Å²) in [5, 5.41) is 10.4. The number of aliphatic carboxylic acids is 1. The zero-order chi connectivity index (χ0) is 26.1. The van der Waals surface area contributed by atoms with Crippen LogP contribution < -0.4 is 5.32 Å². The number of alkyl halides is 3. The van der Waals surface area contributed by atoms with Crippen molar-refractivity contribution in [2.75, 3.05) is 52.4 Å². The Bertz CT molecular complexity index is 925. The van der Waals surface area contributed by atoms with Crippen LogP contribution >= 0.6 is 0 Å². The van der Waals surface area contributed by atoms with Crippen LogP contribution in [0.25, 0.3) is 0 Å². The van der Waals surface area contributed by atoms with Gasteiger partial charge in [-0.1, -0.05) is 25.1 Å². The predicted octanol–water partition coefficient (Wildman–Crippen LogP) is 1.62. The monoisotopic (exact) mass is 522 g/mol. The van der Waals surface area contributed by atoms with Gasteiger partial charge in [0, 0.05) is 51.7 Å². The van der Waals surface area contributed by atoms with E-state index < -0.39 is 22.2 Å². The number of carboxylic acid groups (broad SMARTS) is 1. The highest BCUT2D eigenvalue weighted by molar-refractivity contribution is 7.89. The molecule has 0 saturated carbocycles. The van der Waals surface area contributed by atoms with Gasteiger partial charge in [0.15, 0.2) is 0 Å². The van der Waals surface area contributed by atoms with Gasteiger partial charge >= 0.3 is 12.1 Å². The minimum atomic E-state index is -5.08. The normalized spacial score (nSPS) is 19.3. The molecule has 1 atom stereocenters. The number of sulfonamides is 1. The fourth-order valence-electron chi connectivity index (χ4n) is 4.10. The third kappa shape index (κ3) is 8.74. The van der Waals surface area contributed by atoms with Crippen molar-refractivity contribution in [2.45, 2.75) is 43.3 Å². The van der Waals surface area contributed by atoms with E-state index in [1.165, 1.54) is 4.31 Å². The molecule has 0 aliphatic carbocycles. The van der Waals surface area contributed by atoms with Crippen LogP contribution in [0.1, 0.15) is 26.2 Å². The molecule has 35 heavy (non-hydrogen) atoms. The number of likely N-dealkylation sites (tertiary alicyclic amines) is 1. The summed E-state index contributed by atoms with van der Waals surface area (Å²) in [6.45, 7) is 7.70.